The monoisotopic (exact) mass is 191 g/mol. The van der Waals surface area contributed by atoms with Gasteiger partial charge in [0.15, 0.2) is 5.65 Å². The lowest BCUT2D eigenvalue weighted by atomic mass is 10.5. The van der Waals surface area contributed by atoms with Crippen molar-refractivity contribution in [2.45, 2.75) is 13.3 Å². The molecule has 14 heavy (non-hydrogen) atoms. The minimum atomic E-state index is 0.669. The molecule has 74 valence electrons. The maximum atomic E-state index is 4.35. The van der Waals surface area contributed by atoms with Crippen molar-refractivity contribution in [3.63, 3.8) is 0 Å². The Balaban J connectivity index is 2.34. The van der Waals surface area contributed by atoms with Crippen LogP contribution in [0.4, 0.5) is 5.95 Å². The highest BCUT2D eigenvalue weighted by molar-refractivity contribution is 5.70. The van der Waals surface area contributed by atoms with Crippen LogP contribution in [-0.4, -0.2) is 26.1 Å². The number of anilines is 1. The molecular weight excluding hydrogens is 178 g/mol. The number of fused-ring (bicyclic) bond motifs is 1. The van der Waals surface area contributed by atoms with Crippen molar-refractivity contribution < 1.29 is 0 Å². The molecule has 0 aliphatic heterocycles. The van der Waals surface area contributed by atoms with Crippen molar-refractivity contribution in [1.29, 1.82) is 0 Å². The second-order valence-electron chi connectivity index (χ2n) is 3.18. The molecule has 0 radical (unpaired) electrons. The summed E-state index contributed by atoms with van der Waals surface area (Å²) in [5.41, 5.74) is 1.69. The SMILES string of the molecule is CCCNc1ncc2ncn(C)c2n1. The third-order valence-corrected chi connectivity index (χ3v) is 1.99. The quantitative estimate of drug-likeness (QED) is 0.791. The third kappa shape index (κ3) is 1.53. The number of imidazole rings is 1. The lowest BCUT2D eigenvalue weighted by molar-refractivity contribution is 0.919. The molecule has 2 heterocycles. The molecule has 0 aliphatic rings. The summed E-state index contributed by atoms with van der Waals surface area (Å²) >= 11 is 0. The van der Waals surface area contributed by atoms with E-state index < -0.39 is 0 Å². The molecule has 0 amide bonds. The van der Waals surface area contributed by atoms with Crippen LogP contribution in [-0.2, 0) is 7.05 Å². The first-order chi connectivity index (χ1) is 6.81. The first kappa shape index (κ1) is 8.93. The van der Waals surface area contributed by atoms with Gasteiger partial charge in [-0.1, -0.05) is 6.92 Å². The number of rotatable bonds is 3. The molecule has 5 heteroatoms. The molecule has 0 atom stereocenters. The highest BCUT2D eigenvalue weighted by Gasteiger charge is 2.02. The maximum absolute atomic E-state index is 4.35. The Morgan fingerprint density at radius 2 is 2.29 bits per heavy atom. The molecule has 0 bridgehead atoms. The number of nitrogens with zero attached hydrogens (tertiary/aromatic N) is 4. The normalized spacial score (nSPS) is 10.7. The molecule has 0 fully saturated rings. The largest absolute Gasteiger partial charge is 0.354 e. The number of aryl methyl sites for hydroxylation is 1. The van der Waals surface area contributed by atoms with E-state index in [1.165, 1.54) is 0 Å². The Morgan fingerprint density at radius 3 is 3.07 bits per heavy atom. The van der Waals surface area contributed by atoms with Gasteiger partial charge in [0, 0.05) is 13.6 Å². The second kappa shape index (κ2) is 3.61. The Kier molecular flexibility index (Phi) is 2.30. The Bertz CT molecular complexity index is 434. The van der Waals surface area contributed by atoms with Gasteiger partial charge in [-0.05, 0) is 6.42 Å². The van der Waals surface area contributed by atoms with Crippen molar-refractivity contribution in [2.24, 2.45) is 7.05 Å². The van der Waals surface area contributed by atoms with Crippen LogP contribution in [0.5, 0.6) is 0 Å². The zero-order valence-corrected chi connectivity index (χ0v) is 8.36. The van der Waals surface area contributed by atoms with E-state index in [9.17, 15) is 0 Å². The molecule has 0 saturated carbocycles. The lowest BCUT2D eigenvalue weighted by Gasteiger charge is -2.01. The molecule has 0 spiro atoms. The molecule has 2 aromatic heterocycles. The summed E-state index contributed by atoms with van der Waals surface area (Å²) in [7, 11) is 1.92. The summed E-state index contributed by atoms with van der Waals surface area (Å²) in [6, 6.07) is 0. The van der Waals surface area contributed by atoms with Gasteiger partial charge in [0.05, 0.1) is 12.5 Å². The molecule has 2 aromatic rings. The van der Waals surface area contributed by atoms with Crippen LogP contribution in [0.2, 0.25) is 0 Å². The molecule has 0 aromatic carbocycles. The van der Waals surface area contributed by atoms with E-state index in [0.717, 1.165) is 24.1 Å². The standard InChI is InChI=1S/C9H13N5/c1-3-4-10-9-11-5-7-8(13-9)14(2)6-12-7/h5-6H,3-4H2,1-2H3,(H,10,11,13). The number of hydrogen-bond donors (Lipinski definition) is 1. The smallest absolute Gasteiger partial charge is 0.224 e. The average molecular weight is 191 g/mol. The van der Waals surface area contributed by atoms with Crippen LogP contribution in [0, 0.1) is 0 Å². The molecular formula is C9H13N5. The van der Waals surface area contributed by atoms with Gasteiger partial charge in [0.25, 0.3) is 0 Å². The van der Waals surface area contributed by atoms with Gasteiger partial charge in [-0.25, -0.2) is 9.97 Å². The van der Waals surface area contributed by atoms with E-state index >= 15 is 0 Å². The summed E-state index contributed by atoms with van der Waals surface area (Å²) in [5, 5.41) is 3.14. The van der Waals surface area contributed by atoms with Crippen molar-refractivity contribution in [2.75, 3.05) is 11.9 Å². The lowest BCUT2D eigenvalue weighted by Crippen LogP contribution is -2.04. The fourth-order valence-electron chi connectivity index (χ4n) is 1.24. The van der Waals surface area contributed by atoms with Gasteiger partial charge >= 0.3 is 0 Å². The Morgan fingerprint density at radius 1 is 1.43 bits per heavy atom. The van der Waals surface area contributed by atoms with Crippen molar-refractivity contribution in [3.05, 3.63) is 12.5 Å². The second-order valence-corrected chi connectivity index (χ2v) is 3.18. The summed E-state index contributed by atoms with van der Waals surface area (Å²) in [4.78, 5) is 12.7. The minimum absolute atomic E-state index is 0.669. The fourth-order valence-corrected chi connectivity index (χ4v) is 1.24. The Labute approximate surface area is 82.2 Å². The van der Waals surface area contributed by atoms with Crippen molar-refractivity contribution >= 4 is 17.1 Å². The zero-order chi connectivity index (χ0) is 9.97. The van der Waals surface area contributed by atoms with Crippen molar-refractivity contribution in [3.8, 4) is 0 Å². The molecule has 5 nitrogen and oxygen atoms in total. The highest BCUT2D eigenvalue weighted by atomic mass is 15.2. The van der Waals surface area contributed by atoms with E-state index in [-0.39, 0.29) is 0 Å². The molecule has 2 rings (SSSR count). The maximum Gasteiger partial charge on any atom is 0.224 e. The van der Waals surface area contributed by atoms with Gasteiger partial charge in [0.2, 0.25) is 5.95 Å². The summed E-state index contributed by atoms with van der Waals surface area (Å²) in [6.07, 6.45) is 4.54. The van der Waals surface area contributed by atoms with Gasteiger partial charge in [0.1, 0.15) is 5.52 Å². The molecule has 0 unspecified atom stereocenters. The van der Waals surface area contributed by atoms with E-state index in [2.05, 4.69) is 27.2 Å². The zero-order valence-electron chi connectivity index (χ0n) is 8.36. The summed E-state index contributed by atoms with van der Waals surface area (Å²) in [6.45, 7) is 3.00. The van der Waals surface area contributed by atoms with Crippen LogP contribution >= 0.6 is 0 Å². The van der Waals surface area contributed by atoms with Gasteiger partial charge in [-0.15, -0.1) is 0 Å². The van der Waals surface area contributed by atoms with Gasteiger partial charge in [-0.2, -0.15) is 4.98 Å². The molecule has 0 aliphatic carbocycles. The number of aromatic nitrogens is 4. The van der Waals surface area contributed by atoms with Gasteiger partial charge in [-0.3, -0.25) is 0 Å². The highest BCUT2D eigenvalue weighted by Crippen LogP contribution is 2.09. The summed E-state index contributed by atoms with van der Waals surface area (Å²) < 4.78 is 1.88. The number of nitrogens with one attached hydrogen (secondary N) is 1. The average Bonchev–Trinajstić information content (AvgIpc) is 2.57. The van der Waals surface area contributed by atoms with Crippen LogP contribution in [0.1, 0.15) is 13.3 Å². The predicted molar refractivity (Wildman–Crippen MR) is 55.1 cm³/mol. The third-order valence-electron chi connectivity index (χ3n) is 1.99. The van der Waals surface area contributed by atoms with E-state index in [4.69, 9.17) is 0 Å². The van der Waals surface area contributed by atoms with Crippen LogP contribution in [0.3, 0.4) is 0 Å². The topological polar surface area (TPSA) is 55.6 Å². The molecule has 0 saturated heterocycles. The van der Waals surface area contributed by atoms with Crippen molar-refractivity contribution in [1.82, 2.24) is 19.5 Å². The van der Waals surface area contributed by atoms with Crippen LogP contribution in [0.15, 0.2) is 12.5 Å². The van der Waals surface area contributed by atoms with Crippen LogP contribution < -0.4 is 5.32 Å². The minimum Gasteiger partial charge on any atom is -0.354 e. The summed E-state index contributed by atoms with van der Waals surface area (Å²) in [5.74, 6) is 0.669. The van der Waals surface area contributed by atoms with E-state index in [1.807, 2.05) is 11.6 Å². The first-order valence-electron chi connectivity index (χ1n) is 4.69. The van der Waals surface area contributed by atoms with E-state index in [1.54, 1.807) is 12.5 Å². The van der Waals surface area contributed by atoms with Gasteiger partial charge < -0.3 is 9.88 Å². The van der Waals surface area contributed by atoms with Crippen LogP contribution in [0.25, 0.3) is 11.2 Å². The van der Waals surface area contributed by atoms with E-state index in [0.29, 0.717) is 5.95 Å². The first-order valence-corrected chi connectivity index (χ1v) is 4.69. The Hall–Kier alpha value is -1.65. The predicted octanol–water partition coefficient (Wildman–Crippen LogP) is 1.19. The number of hydrogen-bond acceptors (Lipinski definition) is 4. The molecule has 1 N–H and O–H groups in total. The fraction of sp³-hybridized carbons (Fsp3) is 0.444.